The van der Waals surface area contributed by atoms with Crippen molar-refractivity contribution in [3.05, 3.63) is 0 Å². The van der Waals surface area contributed by atoms with Crippen molar-refractivity contribution in [3.8, 4) is 0 Å². The fourth-order valence-electron chi connectivity index (χ4n) is 5.11. The molecule has 2 bridgehead atoms. The molecule has 0 unspecified atom stereocenters. The van der Waals surface area contributed by atoms with Crippen molar-refractivity contribution in [1.82, 2.24) is 0 Å². The smallest absolute Gasteiger partial charge is 0.139 e. The third-order valence-electron chi connectivity index (χ3n) is 6.90. The molecule has 3 nitrogen and oxygen atoms in total. The van der Waals surface area contributed by atoms with Gasteiger partial charge < -0.3 is 0 Å². The van der Waals surface area contributed by atoms with E-state index in [2.05, 4.69) is 13.8 Å². The molecular formula is C18H26O3. The Morgan fingerprint density at radius 3 is 2.33 bits per heavy atom. The topological polar surface area (TPSA) is 51.2 Å². The molecule has 0 heterocycles. The van der Waals surface area contributed by atoms with E-state index in [4.69, 9.17) is 0 Å². The van der Waals surface area contributed by atoms with Crippen LogP contribution in [-0.2, 0) is 14.4 Å². The first kappa shape index (κ1) is 14.9. The lowest BCUT2D eigenvalue weighted by atomic mass is 9.51. The summed E-state index contributed by atoms with van der Waals surface area (Å²) in [5.41, 5.74) is -0.663. The molecule has 4 atom stereocenters. The van der Waals surface area contributed by atoms with Gasteiger partial charge in [-0.15, -0.1) is 0 Å². The maximum absolute atomic E-state index is 12.9. The van der Waals surface area contributed by atoms with E-state index in [1.807, 2.05) is 6.92 Å². The van der Waals surface area contributed by atoms with Gasteiger partial charge in [-0.25, -0.2) is 0 Å². The number of fused-ring (bicyclic) bond motifs is 3. The Morgan fingerprint density at radius 1 is 0.952 bits per heavy atom. The number of rotatable bonds is 0. The van der Waals surface area contributed by atoms with Crippen LogP contribution in [0, 0.1) is 28.6 Å². The van der Waals surface area contributed by atoms with E-state index in [9.17, 15) is 14.4 Å². The summed E-state index contributed by atoms with van der Waals surface area (Å²) in [7, 11) is 0. The van der Waals surface area contributed by atoms with Crippen LogP contribution in [0.1, 0.15) is 65.7 Å². The average molecular weight is 290 g/mol. The summed E-state index contributed by atoms with van der Waals surface area (Å²) in [5.74, 6) is 0.812. The Kier molecular flexibility index (Phi) is 3.38. The van der Waals surface area contributed by atoms with Gasteiger partial charge in [0.15, 0.2) is 0 Å². The van der Waals surface area contributed by atoms with Crippen molar-refractivity contribution in [2.75, 3.05) is 0 Å². The molecule has 116 valence electrons. The van der Waals surface area contributed by atoms with Crippen LogP contribution in [0.4, 0.5) is 0 Å². The number of hydrogen-bond donors (Lipinski definition) is 0. The Hall–Kier alpha value is -0.990. The predicted octanol–water partition coefficient (Wildman–Crippen LogP) is 3.35. The predicted molar refractivity (Wildman–Crippen MR) is 79.7 cm³/mol. The van der Waals surface area contributed by atoms with E-state index >= 15 is 0 Å². The van der Waals surface area contributed by atoms with Gasteiger partial charge in [0, 0.05) is 36.5 Å². The van der Waals surface area contributed by atoms with Crippen LogP contribution in [0.3, 0.4) is 0 Å². The van der Waals surface area contributed by atoms with Gasteiger partial charge in [-0.05, 0) is 37.0 Å². The molecule has 3 heteroatoms. The highest BCUT2D eigenvalue weighted by atomic mass is 16.1. The van der Waals surface area contributed by atoms with Crippen LogP contribution in [0.25, 0.3) is 0 Å². The van der Waals surface area contributed by atoms with Crippen LogP contribution in [-0.4, -0.2) is 17.3 Å². The molecule has 21 heavy (non-hydrogen) atoms. The second-order valence-corrected chi connectivity index (χ2v) is 8.23. The van der Waals surface area contributed by atoms with Crippen molar-refractivity contribution in [2.24, 2.45) is 28.6 Å². The van der Waals surface area contributed by atoms with E-state index < -0.39 is 5.41 Å². The Balaban J connectivity index is 2.04. The fourth-order valence-corrected chi connectivity index (χ4v) is 5.11. The normalized spacial score (nSPS) is 43.0. The Morgan fingerprint density at radius 2 is 1.62 bits per heavy atom. The highest BCUT2D eigenvalue weighted by Crippen LogP contribution is 2.55. The first-order valence-electron chi connectivity index (χ1n) is 8.35. The van der Waals surface area contributed by atoms with E-state index in [0.29, 0.717) is 37.4 Å². The number of carbonyl (C=O) groups excluding carboxylic acids is 3. The van der Waals surface area contributed by atoms with Gasteiger partial charge in [0.05, 0.1) is 0 Å². The summed E-state index contributed by atoms with van der Waals surface area (Å²) in [4.78, 5) is 37.8. The number of ketones is 3. The zero-order valence-corrected chi connectivity index (χ0v) is 13.4. The average Bonchev–Trinajstić information content (AvgIpc) is 2.39. The molecule has 0 aromatic rings. The monoisotopic (exact) mass is 290 g/mol. The van der Waals surface area contributed by atoms with E-state index in [1.54, 1.807) is 0 Å². The second kappa shape index (κ2) is 4.76. The van der Waals surface area contributed by atoms with Gasteiger partial charge in [-0.2, -0.15) is 0 Å². The number of Topliss-reactive ketones (excluding diaryl/α,β-unsaturated/α-hetero) is 3. The van der Waals surface area contributed by atoms with Crippen molar-refractivity contribution in [2.45, 2.75) is 65.7 Å². The summed E-state index contributed by atoms with van der Waals surface area (Å²) < 4.78 is 0. The zero-order chi connectivity index (χ0) is 15.4. The fraction of sp³-hybridized carbons (Fsp3) is 0.833. The molecule has 0 N–H and O–H groups in total. The van der Waals surface area contributed by atoms with E-state index in [1.165, 1.54) is 0 Å². The zero-order valence-electron chi connectivity index (χ0n) is 13.4. The summed E-state index contributed by atoms with van der Waals surface area (Å²) in [6.07, 6.45) is 4.80. The van der Waals surface area contributed by atoms with Crippen LogP contribution in [0.15, 0.2) is 0 Å². The molecule has 0 saturated heterocycles. The highest BCUT2D eigenvalue weighted by Gasteiger charge is 2.55. The first-order chi connectivity index (χ1) is 9.76. The summed E-state index contributed by atoms with van der Waals surface area (Å²) in [5, 5.41) is 0. The Bertz CT molecular complexity index is 505. The lowest BCUT2D eigenvalue weighted by Gasteiger charge is -2.51. The molecule has 0 aromatic carbocycles. The lowest BCUT2D eigenvalue weighted by molar-refractivity contribution is -0.154. The highest BCUT2D eigenvalue weighted by molar-refractivity contribution is 5.95. The molecule has 3 rings (SSSR count). The third-order valence-corrected chi connectivity index (χ3v) is 6.90. The van der Waals surface area contributed by atoms with Gasteiger partial charge in [0.2, 0.25) is 0 Å². The van der Waals surface area contributed by atoms with Crippen LogP contribution in [0.2, 0.25) is 0 Å². The van der Waals surface area contributed by atoms with Crippen molar-refractivity contribution >= 4 is 17.3 Å². The standard InChI is InChI=1S/C18H26O3/c1-17(2)11-6-7-15(20)12(17)10-13-14(19)5-4-8-18(13,3)16(21)9-11/h11-13H,4-10H2,1-3H3/t11-,12+,13+,18+/m0/s1. The van der Waals surface area contributed by atoms with E-state index in [0.717, 1.165) is 19.3 Å². The molecule has 3 aliphatic carbocycles. The summed E-state index contributed by atoms with van der Waals surface area (Å²) >= 11 is 0. The first-order valence-corrected chi connectivity index (χ1v) is 8.35. The minimum absolute atomic E-state index is 0.0456. The van der Waals surface area contributed by atoms with Crippen molar-refractivity contribution < 1.29 is 14.4 Å². The second-order valence-electron chi connectivity index (χ2n) is 8.23. The quantitative estimate of drug-likeness (QED) is 0.687. The molecule has 3 saturated carbocycles. The molecule has 0 amide bonds. The third kappa shape index (κ3) is 2.11. The van der Waals surface area contributed by atoms with Crippen LogP contribution >= 0.6 is 0 Å². The summed E-state index contributed by atoms with van der Waals surface area (Å²) in [6, 6.07) is 0. The van der Waals surface area contributed by atoms with Gasteiger partial charge in [-0.3, -0.25) is 14.4 Å². The van der Waals surface area contributed by atoms with Crippen molar-refractivity contribution in [1.29, 1.82) is 0 Å². The molecular weight excluding hydrogens is 264 g/mol. The van der Waals surface area contributed by atoms with Crippen LogP contribution in [0.5, 0.6) is 0 Å². The molecule has 0 spiro atoms. The van der Waals surface area contributed by atoms with Crippen LogP contribution < -0.4 is 0 Å². The molecule has 0 aromatic heterocycles. The minimum Gasteiger partial charge on any atom is -0.299 e. The minimum atomic E-state index is -0.514. The van der Waals surface area contributed by atoms with Gasteiger partial charge in [0.25, 0.3) is 0 Å². The Labute approximate surface area is 126 Å². The lowest BCUT2D eigenvalue weighted by Crippen LogP contribution is -2.53. The molecule has 0 aliphatic heterocycles. The van der Waals surface area contributed by atoms with Crippen molar-refractivity contribution in [3.63, 3.8) is 0 Å². The maximum Gasteiger partial charge on any atom is 0.139 e. The summed E-state index contributed by atoms with van der Waals surface area (Å²) in [6.45, 7) is 6.24. The van der Waals surface area contributed by atoms with Gasteiger partial charge >= 0.3 is 0 Å². The number of hydrogen-bond acceptors (Lipinski definition) is 3. The maximum atomic E-state index is 12.9. The largest absolute Gasteiger partial charge is 0.299 e. The molecule has 0 radical (unpaired) electrons. The van der Waals surface area contributed by atoms with Gasteiger partial charge in [0.1, 0.15) is 17.3 Å². The molecule has 3 fully saturated rings. The SMILES string of the molecule is CC1(C)[C@H]2CCC(=O)[C@H]1C[C@@H]1C(=O)CCC[C@@]1(C)C(=O)C2. The van der Waals surface area contributed by atoms with Gasteiger partial charge in [-0.1, -0.05) is 20.8 Å². The molecule has 3 aliphatic rings. The number of carbonyl (C=O) groups is 3. The van der Waals surface area contributed by atoms with E-state index in [-0.39, 0.29) is 28.8 Å².